The highest BCUT2D eigenvalue weighted by atomic mass is 79.9. The van der Waals surface area contributed by atoms with Crippen LogP contribution >= 0.6 is 39.9 Å². The smallest absolute Gasteiger partial charge is 0.135 e. The first kappa shape index (κ1) is 19.9. The summed E-state index contributed by atoms with van der Waals surface area (Å²) in [7, 11) is 1.68. The lowest BCUT2D eigenvalue weighted by Gasteiger charge is -2.08. The van der Waals surface area contributed by atoms with E-state index in [1.807, 2.05) is 54.6 Å². The van der Waals surface area contributed by atoms with Crippen LogP contribution in [-0.4, -0.2) is 7.11 Å². The molecular formula is C19H18BrCl2NO2. The average Bonchev–Trinajstić information content (AvgIpc) is 3.04. The molecule has 0 amide bonds. The molecule has 0 radical (unpaired) electrons. The Morgan fingerprint density at radius 2 is 1.88 bits per heavy atom. The van der Waals surface area contributed by atoms with E-state index in [1.165, 1.54) is 0 Å². The number of benzene rings is 2. The molecule has 132 valence electrons. The number of para-hydroxylation sites is 1. The lowest BCUT2D eigenvalue weighted by Crippen LogP contribution is -2.12. The van der Waals surface area contributed by atoms with E-state index >= 15 is 0 Å². The normalized spacial score (nSPS) is 10.4. The molecule has 0 atom stereocenters. The zero-order valence-corrected chi connectivity index (χ0v) is 16.7. The molecule has 3 nitrogen and oxygen atoms in total. The van der Waals surface area contributed by atoms with Crippen LogP contribution < -0.4 is 10.1 Å². The number of furan rings is 1. The van der Waals surface area contributed by atoms with Gasteiger partial charge < -0.3 is 14.5 Å². The maximum absolute atomic E-state index is 6.27. The number of rotatable bonds is 6. The first-order valence-electron chi connectivity index (χ1n) is 7.54. The minimum absolute atomic E-state index is 0. The molecule has 25 heavy (non-hydrogen) atoms. The minimum atomic E-state index is 0. The molecule has 0 saturated carbocycles. The molecule has 1 heterocycles. The van der Waals surface area contributed by atoms with Gasteiger partial charge in [0.1, 0.15) is 17.3 Å². The van der Waals surface area contributed by atoms with Gasteiger partial charge in [0.2, 0.25) is 0 Å². The van der Waals surface area contributed by atoms with Crippen LogP contribution in [0.5, 0.6) is 5.75 Å². The Balaban J connectivity index is 0.00000225. The summed E-state index contributed by atoms with van der Waals surface area (Å²) in [5.41, 5.74) is 2.00. The van der Waals surface area contributed by atoms with Gasteiger partial charge in [-0.1, -0.05) is 45.7 Å². The molecule has 2 aromatic carbocycles. The second-order valence-corrected chi connectivity index (χ2v) is 6.63. The Morgan fingerprint density at radius 1 is 1.08 bits per heavy atom. The van der Waals surface area contributed by atoms with Gasteiger partial charge in [0.05, 0.1) is 18.7 Å². The van der Waals surface area contributed by atoms with Gasteiger partial charge in [-0.25, -0.2) is 0 Å². The molecule has 0 spiro atoms. The molecule has 0 fully saturated rings. The predicted octanol–water partition coefficient (Wildman–Crippen LogP) is 6.08. The van der Waals surface area contributed by atoms with Crippen LogP contribution in [-0.2, 0) is 13.1 Å². The predicted molar refractivity (Wildman–Crippen MR) is 108 cm³/mol. The number of nitrogens with one attached hydrogen (secondary N) is 1. The lowest BCUT2D eigenvalue weighted by molar-refractivity contribution is 0.406. The van der Waals surface area contributed by atoms with Crippen molar-refractivity contribution in [1.82, 2.24) is 5.32 Å². The zero-order chi connectivity index (χ0) is 16.9. The Morgan fingerprint density at radius 3 is 2.64 bits per heavy atom. The number of halogens is 3. The van der Waals surface area contributed by atoms with Crippen LogP contribution in [0.25, 0.3) is 11.3 Å². The number of methoxy groups -OCH3 is 1. The molecule has 1 aromatic heterocycles. The Kier molecular flexibility index (Phi) is 7.38. The molecule has 0 unspecified atom stereocenters. The molecule has 0 bridgehead atoms. The summed E-state index contributed by atoms with van der Waals surface area (Å²) in [6.07, 6.45) is 0. The van der Waals surface area contributed by atoms with E-state index in [4.69, 9.17) is 20.8 Å². The number of hydrogen-bond donors (Lipinski definition) is 1. The van der Waals surface area contributed by atoms with Crippen molar-refractivity contribution >= 4 is 39.9 Å². The van der Waals surface area contributed by atoms with E-state index in [2.05, 4.69) is 21.2 Å². The highest BCUT2D eigenvalue weighted by Crippen LogP contribution is 2.31. The van der Waals surface area contributed by atoms with E-state index in [9.17, 15) is 0 Å². The van der Waals surface area contributed by atoms with Crippen molar-refractivity contribution in [3.8, 4) is 17.1 Å². The van der Waals surface area contributed by atoms with Crippen molar-refractivity contribution in [2.45, 2.75) is 13.1 Å². The Hall–Kier alpha value is -1.46. The van der Waals surface area contributed by atoms with Crippen LogP contribution in [0.15, 0.2) is 63.5 Å². The second-order valence-electron chi connectivity index (χ2n) is 5.31. The van der Waals surface area contributed by atoms with Gasteiger partial charge in [0.15, 0.2) is 0 Å². The fourth-order valence-corrected chi connectivity index (χ4v) is 3.24. The fraction of sp³-hybridized carbons (Fsp3) is 0.158. The van der Waals surface area contributed by atoms with Gasteiger partial charge in [-0.05, 0) is 36.4 Å². The third-order valence-corrected chi connectivity index (χ3v) is 4.47. The summed E-state index contributed by atoms with van der Waals surface area (Å²) in [5, 5.41) is 4.03. The monoisotopic (exact) mass is 441 g/mol. The third-order valence-electron chi connectivity index (χ3n) is 3.67. The summed E-state index contributed by atoms with van der Waals surface area (Å²) in [5.74, 6) is 2.51. The standard InChI is InChI=1S/C19H17BrClNO2.ClH/c1-23-18-5-3-2-4-13(18)11-22-12-15-7-9-19(24-15)16-8-6-14(20)10-17(16)21;/h2-10,22H,11-12H2,1H3;1H. The van der Waals surface area contributed by atoms with Crippen LogP contribution in [0.1, 0.15) is 11.3 Å². The third kappa shape index (κ3) is 5.02. The Labute approximate surface area is 166 Å². The van der Waals surface area contributed by atoms with Crippen molar-refractivity contribution in [3.63, 3.8) is 0 Å². The summed E-state index contributed by atoms with van der Waals surface area (Å²) < 4.78 is 12.2. The van der Waals surface area contributed by atoms with Crippen LogP contribution in [0, 0.1) is 0 Å². The maximum Gasteiger partial charge on any atom is 0.135 e. The molecule has 0 saturated heterocycles. The van der Waals surface area contributed by atoms with E-state index in [0.717, 1.165) is 32.9 Å². The highest BCUT2D eigenvalue weighted by Gasteiger charge is 2.09. The number of ether oxygens (including phenoxy) is 1. The van der Waals surface area contributed by atoms with Gasteiger partial charge in [-0.15, -0.1) is 12.4 Å². The maximum atomic E-state index is 6.27. The molecule has 1 N–H and O–H groups in total. The molecule has 3 rings (SSSR count). The quantitative estimate of drug-likeness (QED) is 0.502. The molecule has 6 heteroatoms. The van der Waals surface area contributed by atoms with Crippen LogP contribution in [0.3, 0.4) is 0 Å². The van der Waals surface area contributed by atoms with Crippen LogP contribution in [0.2, 0.25) is 5.02 Å². The highest BCUT2D eigenvalue weighted by molar-refractivity contribution is 9.10. The summed E-state index contributed by atoms with van der Waals surface area (Å²) in [4.78, 5) is 0. The SMILES string of the molecule is COc1ccccc1CNCc1ccc(-c2ccc(Br)cc2Cl)o1.Cl. The van der Waals surface area contributed by atoms with Gasteiger partial charge >= 0.3 is 0 Å². The van der Waals surface area contributed by atoms with Gasteiger partial charge in [-0.3, -0.25) is 0 Å². The molecule has 0 aliphatic rings. The summed E-state index contributed by atoms with van der Waals surface area (Å²) >= 11 is 9.68. The Bertz CT molecular complexity index is 836. The van der Waals surface area contributed by atoms with E-state index in [1.54, 1.807) is 7.11 Å². The topological polar surface area (TPSA) is 34.4 Å². The summed E-state index contributed by atoms with van der Waals surface area (Å²) in [6, 6.07) is 17.6. The van der Waals surface area contributed by atoms with E-state index in [-0.39, 0.29) is 12.4 Å². The van der Waals surface area contributed by atoms with Crippen LogP contribution in [0.4, 0.5) is 0 Å². The largest absolute Gasteiger partial charge is 0.496 e. The number of hydrogen-bond acceptors (Lipinski definition) is 3. The first-order valence-corrected chi connectivity index (χ1v) is 8.71. The summed E-state index contributed by atoms with van der Waals surface area (Å²) in [6.45, 7) is 1.34. The van der Waals surface area contributed by atoms with Crippen molar-refractivity contribution in [2.75, 3.05) is 7.11 Å². The van der Waals surface area contributed by atoms with E-state index in [0.29, 0.717) is 18.1 Å². The van der Waals surface area contributed by atoms with Gasteiger partial charge in [0.25, 0.3) is 0 Å². The average molecular weight is 443 g/mol. The lowest BCUT2D eigenvalue weighted by atomic mass is 10.2. The van der Waals surface area contributed by atoms with E-state index < -0.39 is 0 Å². The first-order chi connectivity index (χ1) is 11.7. The zero-order valence-electron chi connectivity index (χ0n) is 13.6. The van der Waals surface area contributed by atoms with Crippen molar-refractivity contribution < 1.29 is 9.15 Å². The molecule has 3 aromatic rings. The van der Waals surface area contributed by atoms with Gasteiger partial charge in [0, 0.05) is 22.1 Å². The molecule has 0 aliphatic heterocycles. The van der Waals surface area contributed by atoms with Crippen molar-refractivity contribution in [1.29, 1.82) is 0 Å². The molecule has 0 aliphatic carbocycles. The van der Waals surface area contributed by atoms with Crippen molar-refractivity contribution in [3.05, 3.63) is 75.4 Å². The molecular weight excluding hydrogens is 425 g/mol. The second kappa shape index (κ2) is 9.30. The minimum Gasteiger partial charge on any atom is -0.496 e. The fourth-order valence-electron chi connectivity index (χ4n) is 2.48. The van der Waals surface area contributed by atoms with Crippen molar-refractivity contribution in [2.24, 2.45) is 0 Å². The van der Waals surface area contributed by atoms with Gasteiger partial charge in [-0.2, -0.15) is 0 Å².